The number of rotatable bonds is 8. The zero-order valence-electron chi connectivity index (χ0n) is 13.4. The average molecular weight is 260 g/mol. The fraction of sp³-hybridized carbons (Fsp3) is 0.933. The fourth-order valence-corrected chi connectivity index (χ4v) is 2.57. The predicted octanol–water partition coefficient (Wildman–Crippen LogP) is 3.62. The molecule has 0 aliphatic carbocycles. The van der Waals surface area contributed by atoms with Gasteiger partial charge < -0.3 is 9.22 Å². The summed E-state index contributed by atoms with van der Waals surface area (Å²) in [7, 11) is 1.35. The third-order valence-corrected chi connectivity index (χ3v) is 3.08. The third-order valence-electron chi connectivity index (χ3n) is 3.08. The van der Waals surface area contributed by atoms with Crippen molar-refractivity contribution in [2.24, 2.45) is 0 Å². The van der Waals surface area contributed by atoms with Gasteiger partial charge in [-0.1, -0.05) is 27.7 Å². The molecule has 0 radical (unpaired) electrons. The number of esters is 1. The van der Waals surface area contributed by atoms with Gasteiger partial charge in [0.2, 0.25) is 0 Å². The van der Waals surface area contributed by atoms with Crippen LogP contribution in [0, 0.1) is 0 Å². The molecule has 0 atom stereocenters. The van der Waals surface area contributed by atoms with Gasteiger partial charge in [0.15, 0.2) is 0 Å². The van der Waals surface area contributed by atoms with E-state index in [1.807, 2.05) is 0 Å². The summed E-state index contributed by atoms with van der Waals surface area (Å²) in [5, 5.41) is 0. The van der Waals surface area contributed by atoms with Crippen LogP contribution in [0.15, 0.2) is 0 Å². The van der Waals surface area contributed by atoms with Crippen molar-refractivity contribution >= 4 is 5.97 Å². The molecule has 3 heteroatoms. The molecule has 0 unspecified atom stereocenters. The van der Waals surface area contributed by atoms with Crippen LogP contribution in [0.5, 0.6) is 0 Å². The number of quaternary nitrogens is 1. The van der Waals surface area contributed by atoms with Gasteiger partial charge in [0.05, 0.1) is 33.3 Å². The highest BCUT2D eigenvalue weighted by molar-refractivity contribution is 5.65. The number of hydrogen-bond donors (Lipinski definition) is 0. The van der Waals surface area contributed by atoms with E-state index in [-0.39, 0.29) is 5.97 Å². The summed E-state index contributed by atoms with van der Waals surface area (Å²) in [4.78, 5) is 9.59. The minimum absolute atomic E-state index is 0.245. The first-order valence-corrected chi connectivity index (χ1v) is 7.41. The molecule has 0 aromatic rings. The van der Waals surface area contributed by atoms with Crippen molar-refractivity contribution in [1.29, 1.82) is 0 Å². The molecule has 0 aliphatic rings. The molecule has 0 bridgehead atoms. The first-order valence-electron chi connectivity index (χ1n) is 7.41. The Morgan fingerprint density at radius 3 is 1.17 bits per heavy atom. The Morgan fingerprint density at radius 2 is 1.06 bits per heavy atom. The second kappa shape index (κ2) is 12.9. The molecule has 0 saturated heterocycles. The molecule has 0 N–H and O–H groups in total. The highest BCUT2D eigenvalue weighted by atomic mass is 16.5. The summed E-state index contributed by atoms with van der Waals surface area (Å²) in [5.41, 5.74) is 0. The lowest BCUT2D eigenvalue weighted by atomic mass is 10.2. The van der Waals surface area contributed by atoms with Crippen LogP contribution >= 0.6 is 0 Å². The van der Waals surface area contributed by atoms with Crippen LogP contribution < -0.4 is 0 Å². The van der Waals surface area contributed by atoms with Crippen molar-refractivity contribution < 1.29 is 14.0 Å². The van der Waals surface area contributed by atoms with Crippen molar-refractivity contribution in [2.45, 2.75) is 60.3 Å². The number of ether oxygens (including phenoxy) is 1. The maximum atomic E-state index is 9.59. The smallest absolute Gasteiger partial charge is 0.302 e. The van der Waals surface area contributed by atoms with Gasteiger partial charge in [0.1, 0.15) is 0 Å². The summed E-state index contributed by atoms with van der Waals surface area (Å²) < 4.78 is 5.49. The summed E-state index contributed by atoms with van der Waals surface area (Å²) in [6, 6.07) is 0. The molecular formula is C15H34NO2+. The van der Waals surface area contributed by atoms with E-state index in [4.69, 9.17) is 0 Å². The van der Waals surface area contributed by atoms with E-state index in [0.29, 0.717) is 0 Å². The Morgan fingerprint density at radius 1 is 0.833 bits per heavy atom. The van der Waals surface area contributed by atoms with Crippen molar-refractivity contribution in [2.75, 3.05) is 33.3 Å². The minimum Gasteiger partial charge on any atom is -0.469 e. The Hall–Kier alpha value is -0.570. The van der Waals surface area contributed by atoms with Gasteiger partial charge in [-0.05, 0) is 25.7 Å². The number of nitrogens with zero attached hydrogens (tertiary/aromatic N) is 1. The largest absolute Gasteiger partial charge is 0.469 e. The monoisotopic (exact) mass is 260 g/mol. The number of carbonyl (C=O) groups is 1. The van der Waals surface area contributed by atoms with Crippen molar-refractivity contribution in [1.82, 2.24) is 0 Å². The second-order valence-corrected chi connectivity index (χ2v) is 4.93. The first-order chi connectivity index (χ1) is 8.51. The maximum absolute atomic E-state index is 9.59. The van der Waals surface area contributed by atoms with Crippen molar-refractivity contribution in [3.05, 3.63) is 0 Å². The fourth-order valence-electron chi connectivity index (χ4n) is 2.57. The normalized spacial score (nSPS) is 10.6. The molecule has 0 saturated carbocycles. The summed E-state index contributed by atoms with van der Waals surface area (Å²) in [6.07, 6.45) is 5.33. The van der Waals surface area contributed by atoms with Gasteiger partial charge in [0, 0.05) is 6.92 Å². The molecule has 0 aliphatic heterocycles. The Kier molecular flexibility index (Phi) is 14.1. The molecule has 0 spiro atoms. The zero-order chi connectivity index (χ0) is 14.4. The van der Waals surface area contributed by atoms with Gasteiger partial charge in [-0.25, -0.2) is 0 Å². The highest BCUT2D eigenvalue weighted by Gasteiger charge is 2.22. The molecule has 0 aromatic heterocycles. The highest BCUT2D eigenvalue weighted by Crippen LogP contribution is 2.12. The van der Waals surface area contributed by atoms with Crippen LogP contribution in [0.1, 0.15) is 60.3 Å². The van der Waals surface area contributed by atoms with Crippen LogP contribution in [0.4, 0.5) is 0 Å². The average Bonchev–Trinajstić information content (AvgIpc) is 2.31. The summed E-state index contributed by atoms with van der Waals surface area (Å²) >= 11 is 0. The van der Waals surface area contributed by atoms with Gasteiger partial charge >= 0.3 is 5.97 Å². The zero-order valence-corrected chi connectivity index (χ0v) is 13.4. The first kappa shape index (κ1) is 19.8. The Labute approximate surface area is 114 Å². The molecule has 0 heterocycles. The topological polar surface area (TPSA) is 26.3 Å². The molecular weight excluding hydrogens is 226 g/mol. The predicted molar refractivity (Wildman–Crippen MR) is 78.6 cm³/mol. The third kappa shape index (κ3) is 10.6. The van der Waals surface area contributed by atoms with Crippen molar-refractivity contribution in [3.8, 4) is 0 Å². The molecule has 18 heavy (non-hydrogen) atoms. The summed E-state index contributed by atoms with van der Waals surface area (Å²) in [5.74, 6) is -0.245. The van der Waals surface area contributed by atoms with Gasteiger partial charge in [0.25, 0.3) is 0 Å². The SMILES string of the molecule is CCC[N+](CCC)(CCC)CCC.COC(C)=O. The van der Waals surface area contributed by atoms with Gasteiger partial charge in [-0.3, -0.25) is 4.79 Å². The number of hydrogen-bond acceptors (Lipinski definition) is 2. The molecule has 110 valence electrons. The quantitative estimate of drug-likeness (QED) is 0.492. The molecule has 0 fully saturated rings. The van der Waals surface area contributed by atoms with Crippen LogP contribution in [0.2, 0.25) is 0 Å². The number of carbonyl (C=O) groups excluding carboxylic acids is 1. The van der Waals surface area contributed by atoms with E-state index in [1.165, 1.54) is 70.4 Å². The van der Waals surface area contributed by atoms with E-state index < -0.39 is 0 Å². The summed E-state index contributed by atoms with van der Waals surface area (Å²) in [6.45, 7) is 16.2. The van der Waals surface area contributed by atoms with Crippen LogP contribution in [0.25, 0.3) is 0 Å². The second-order valence-electron chi connectivity index (χ2n) is 4.93. The van der Waals surface area contributed by atoms with E-state index in [1.54, 1.807) is 0 Å². The van der Waals surface area contributed by atoms with Crippen LogP contribution in [0.3, 0.4) is 0 Å². The van der Waals surface area contributed by atoms with Gasteiger partial charge in [-0.15, -0.1) is 0 Å². The van der Waals surface area contributed by atoms with Crippen molar-refractivity contribution in [3.63, 3.8) is 0 Å². The van der Waals surface area contributed by atoms with E-state index in [9.17, 15) is 4.79 Å². The lowest BCUT2D eigenvalue weighted by Crippen LogP contribution is -2.50. The molecule has 0 rings (SSSR count). The lowest BCUT2D eigenvalue weighted by molar-refractivity contribution is -0.928. The van der Waals surface area contributed by atoms with E-state index in [2.05, 4.69) is 32.4 Å². The van der Waals surface area contributed by atoms with Gasteiger partial charge in [-0.2, -0.15) is 0 Å². The lowest BCUT2D eigenvalue weighted by Gasteiger charge is -2.38. The molecule has 0 aromatic carbocycles. The molecule has 3 nitrogen and oxygen atoms in total. The maximum Gasteiger partial charge on any atom is 0.302 e. The minimum atomic E-state index is -0.245. The standard InChI is InChI=1S/C12H28N.C3H6O2/c1-5-9-13(10-6-2,11-7-3)12-8-4;1-3(4)5-2/h5-12H2,1-4H3;1-2H3/q+1;. The van der Waals surface area contributed by atoms with Crippen LogP contribution in [-0.4, -0.2) is 43.7 Å². The van der Waals surface area contributed by atoms with E-state index >= 15 is 0 Å². The molecule has 0 amide bonds. The Bertz CT molecular complexity index is 163. The number of methoxy groups -OCH3 is 1. The van der Waals surface area contributed by atoms with Crippen LogP contribution in [-0.2, 0) is 9.53 Å². The Balaban J connectivity index is 0. The van der Waals surface area contributed by atoms with E-state index in [0.717, 1.165) is 0 Å².